The lowest BCUT2D eigenvalue weighted by Crippen LogP contribution is -2.41. The van der Waals surface area contributed by atoms with Crippen molar-refractivity contribution in [3.63, 3.8) is 0 Å². The molecule has 1 amide bonds. The van der Waals surface area contributed by atoms with Gasteiger partial charge in [0.05, 0.1) is 37.2 Å². The van der Waals surface area contributed by atoms with Gasteiger partial charge in [0.2, 0.25) is 5.91 Å². The van der Waals surface area contributed by atoms with E-state index in [-0.39, 0.29) is 5.91 Å². The molecule has 1 aromatic heterocycles. The first kappa shape index (κ1) is 12.1. The number of H-pyrrole nitrogens is 1. The number of anilines is 1. The minimum Gasteiger partial charge on any atom is -0.379 e. The summed E-state index contributed by atoms with van der Waals surface area (Å²) < 4.78 is 5.26. The molecule has 1 aliphatic heterocycles. The normalized spacial score (nSPS) is 16.6. The number of hydrogen-bond donors (Lipinski definition) is 2. The SMILES string of the molecule is O=C(CN1CCOCC1)Nc1cccc2[nH]ncc12. The summed E-state index contributed by atoms with van der Waals surface area (Å²) in [5, 5.41) is 10.7. The second-order valence-corrected chi connectivity index (χ2v) is 4.57. The van der Waals surface area contributed by atoms with Crippen LogP contribution in [0.1, 0.15) is 0 Å². The summed E-state index contributed by atoms with van der Waals surface area (Å²) in [5.74, 6) is -0.00407. The fourth-order valence-corrected chi connectivity index (χ4v) is 2.23. The van der Waals surface area contributed by atoms with Crippen LogP contribution in [0.15, 0.2) is 24.4 Å². The average Bonchev–Trinajstić information content (AvgIpc) is 2.89. The molecule has 0 radical (unpaired) electrons. The number of morpholine rings is 1. The second kappa shape index (κ2) is 5.38. The Kier molecular flexibility index (Phi) is 3.43. The fraction of sp³-hybridized carbons (Fsp3) is 0.385. The number of fused-ring (bicyclic) bond motifs is 1. The predicted octanol–water partition coefficient (Wildman–Crippen LogP) is 0.834. The first-order chi connectivity index (χ1) is 9.33. The van der Waals surface area contributed by atoms with Crippen molar-refractivity contribution < 1.29 is 9.53 Å². The van der Waals surface area contributed by atoms with Crippen LogP contribution >= 0.6 is 0 Å². The van der Waals surface area contributed by atoms with E-state index in [2.05, 4.69) is 20.4 Å². The molecule has 0 aliphatic carbocycles. The van der Waals surface area contributed by atoms with E-state index in [0.717, 1.165) is 29.7 Å². The number of amides is 1. The van der Waals surface area contributed by atoms with Crippen molar-refractivity contribution in [2.24, 2.45) is 0 Å². The van der Waals surface area contributed by atoms with Gasteiger partial charge >= 0.3 is 0 Å². The molecule has 0 spiro atoms. The van der Waals surface area contributed by atoms with E-state index >= 15 is 0 Å². The van der Waals surface area contributed by atoms with Gasteiger partial charge in [-0.25, -0.2) is 0 Å². The van der Waals surface area contributed by atoms with Crippen molar-refractivity contribution in [3.8, 4) is 0 Å². The molecule has 6 heteroatoms. The number of carbonyl (C=O) groups is 1. The van der Waals surface area contributed by atoms with Gasteiger partial charge in [-0.3, -0.25) is 14.8 Å². The third-order valence-electron chi connectivity index (χ3n) is 3.23. The summed E-state index contributed by atoms with van der Waals surface area (Å²) in [6, 6.07) is 5.71. The summed E-state index contributed by atoms with van der Waals surface area (Å²) in [6.45, 7) is 3.42. The maximum absolute atomic E-state index is 12.0. The minimum atomic E-state index is -0.00407. The Balaban J connectivity index is 1.67. The summed E-state index contributed by atoms with van der Waals surface area (Å²) in [4.78, 5) is 14.1. The van der Waals surface area contributed by atoms with Gasteiger partial charge in [0, 0.05) is 18.5 Å². The van der Waals surface area contributed by atoms with E-state index in [9.17, 15) is 4.79 Å². The van der Waals surface area contributed by atoms with Crippen LogP contribution in [0.25, 0.3) is 10.9 Å². The standard InChI is InChI=1S/C13H16N4O2/c18-13(9-17-4-6-19-7-5-17)15-11-2-1-3-12-10(11)8-14-16-12/h1-3,8H,4-7,9H2,(H,14,16)(H,15,18). The average molecular weight is 260 g/mol. The number of aromatic amines is 1. The lowest BCUT2D eigenvalue weighted by molar-refractivity contribution is -0.118. The molecule has 1 aromatic carbocycles. The minimum absolute atomic E-state index is 0.00407. The molecule has 1 fully saturated rings. The monoisotopic (exact) mass is 260 g/mol. The van der Waals surface area contributed by atoms with E-state index in [0.29, 0.717) is 19.8 Å². The molecule has 0 atom stereocenters. The molecule has 0 unspecified atom stereocenters. The molecule has 1 saturated heterocycles. The quantitative estimate of drug-likeness (QED) is 0.857. The summed E-state index contributed by atoms with van der Waals surface area (Å²) >= 11 is 0. The van der Waals surface area contributed by atoms with E-state index in [1.807, 2.05) is 18.2 Å². The molecule has 6 nitrogen and oxygen atoms in total. The number of nitrogens with zero attached hydrogens (tertiary/aromatic N) is 2. The maximum atomic E-state index is 12.0. The zero-order chi connectivity index (χ0) is 13.1. The fourth-order valence-electron chi connectivity index (χ4n) is 2.23. The van der Waals surface area contributed by atoms with Crippen LogP contribution in [-0.4, -0.2) is 53.9 Å². The molecule has 1 aliphatic rings. The first-order valence-corrected chi connectivity index (χ1v) is 6.35. The van der Waals surface area contributed by atoms with Gasteiger partial charge < -0.3 is 10.1 Å². The van der Waals surface area contributed by atoms with Crippen molar-refractivity contribution in [3.05, 3.63) is 24.4 Å². The zero-order valence-corrected chi connectivity index (χ0v) is 10.6. The molecule has 100 valence electrons. The van der Waals surface area contributed by atoms with Crippen molar-refractivity contribution in [1.29, 1.82) is 0 Å². The molecule has 2 aromatic rings. The maximum Gasteiger partial charge on any atom is 0.238 e. The number of carbonyl (C=O) groups excluding carboxylic acids is 1. The summed E-state index contributed by atoms with van der Waals surface area (Å²) in [5.41, 5.74) is 1.72. The Morgan fingerprint density at radius 2 is 2.26 bits per heavy atom. The number of rotatable bonds is 3. The van der Waals surface area contributed by atoms with Gasteiger partial charge in [0.25, 0.3) is 0 Å². The Morgan fingerprint density at radius 3 is 3.11 bits per heavy atom. The van der Waals surface area contributed by atoms with Crippen LogP contribution in [0.2, 0.25) is 0 Å². The highest BCUT2D eigenvalue weighted by molar-refractivity contribution is 6.01. The highest BCUT2D eigenvalue weighted by atomic mass is 16.5. The number of aromatic nitrogens is 2. The number of ether oxygens (including phenoxy) is 1. The molecule has 19 heavy (non-hydrogen) atoms. The van der Waals surface area contributed by atoms with Crippen LogP contribution in [0, 0.1) is 0 Å². The topological polar surface area (TPSA) is 70.2 Å². The van der Waals surface area contributed by atoms with E-state index in [4.69, 9.17) is 4.74 Å². The molecule has 0 bridgehead atoms. The number of nitrogens with one attached hydrogen (secondary N) is 2. The Bertz CT molecular complexity index is 575. The smallest absolute Gasteiger partial charge is 0.238 e. The van der Waals surface area contributed by atoms with Crippen molar-refractivity contribution in [1.82, 2.24) is 15.1 Å². The zero-order valence-electron chi connectivity index (χ0n) is 10.6. The van der Waals surface area contributed by atoms with Crippen LogP contribution in [0.5, 0.6) is 0 Å². The summed E-state index contributed by atoms with van der Waals surface area (Å²) in [6.07, 6.45) is 1.72. The predicted molar refractivity (Wildman–Crippen MR) is 72.0 cm³/mol. The number of hydrogen-bond acceptors (Lipinski definition) is 4. The van der Waals surface area contributed by atoms with Crippen molar-refractivity contribution in [2.45, 2.75) is 0 Å². The molecule has 0 saturated carbocycles. The molecule has 3 rings (SSSR count). The van der Waals surface area contributed by atoms with Crippen LogP contribution < -0.4 is 5.32 Å². The highest BCUT2D eigenvalue weighted by Crippen LogP contribution is 2.20. The second-order valence-electron chi connectivity index (χ2n) is 4.57. The first-order valence-electron chi connectivity index (χ1n) is 6.35. The van der Waals surface area contributed by atoms with Gasteiger partial charge in [-0.2, -0.15) is 5.10 Å². The number of benzene rings is 1. The van der Waals surface area contributed by atoms with Crippen LogP contribution in [0.3, 0.4) is 0 Å². The Hall–Kier alpha value is -1.92. The summed E-state index contributed by atoms with van der Waals surface area (Å²) in [7, 11) is 0. The third kappa shape index (κ3) is 2.74. The van der Waals surface area contributed by atoms with Crippen LogP contribution in [-0.2, 0) is 9.53 Å². The third-order valence-corrected chi connectivity index (χ3v) is 3.23. The van der Waals surface area contributed by atoms with E-state index in [1.54, 1.807) is 6.20 Å². The lowest BCUT2D eigenvalue weighted by atomic mass is 10.2. The Morgan fingerprint density at radius 1 is 1.42 bits per heavy atom. The van der Waals surface area contributed by atoms with Crippen molar-refractivity contribution >= 4 is 22.5 Å². The van der Waals surface area contributed by atoms with Crippen molar-refractivity contribution in [2.75, 3.05) is 38.2 Å². The molecular weight excluding hydrogens is 244 g/mol. The molecular formula is C13H16N4O2. The van der Waals surface area contributed by atoms with Gasteiger partial charge in [-0.15, -0.1) is 0 Å². The largest absolute Gasteiger partial charge is 0.379 e. The van der Waals surface area contributed by atoms with Gasteiger partial charge in [-0.1, -0.05) is 6.07 Å². The van der Waals surface area contributed by atoms with Gasteiger partial charge in [-0.05, 0) is 12.1 Å². The van der Waals surface area contributed by atoms with Gasteiger partial charge in [0.15, 0.2) is 0 Å². The Labute approximate surface area is 110 Å². The van der Waals surface area contributed by atoms with Crippen LogP contribution in [0.4, 0.5) is 5.69 Å². The van der Waals surface area contributed by atoms with Gasteiger partial charge in [0.1, 0.15) is 0 Å². The lowest BCUT2D eigenvalue weighted by Gasteiger charge is -2.25. The molecule has 2 N–H and O–H groups in total. The highest BCUT2D eigenvalue weighted by Gasteiger charge is 2.14. The molecule has 2 heterocycles. The van der Waals surface area contributed by atoms with E-state index < -0.39 is 0 Å². The van der Waals surface area contributed by atoms with E-state index in [1.165, 1.54) is 0 Å².